The second kappa shape index (κ2) is 9.23. The Balaban J connectivity index is 1.86. The first kappa shape index (κ1) is 26.8. The van der Waals surface area contributed by atoms with Crippen LogP contribution in [0.25, 0.3) is 0 Å². The zero-order valence-electron chi connectivity index (χ0n) is 21.1. The quantitative estimate of drug-likeness (QED) is 0.301. The minimum Gasteiger partial charge on any atom is -0.510 e. The van der Waals surface area contributed by atoms with E-state index in [0.29, 0.717) is 12.5 Å². The number of primary amides is 1. The van der Waals surface area contributed by atoms with Crippen LogP contribution in [0.1, 0.15) is 41.8 Å². The van der Waals surface area contributed by atoms with Crippen molar-refractivity contribution in [3.8, 4) is 5.75 Å². The summed E-state index contributed by atoms with van der Waals surface area (Å²) >= 11 is 0. The second-order valence-electron chi connectivity index (χ2n) is 10.7. The molecule has 0 aliphatic heterocycles. The van der Waals surface area contributed by atoms with Gasteiger partial charge in [-0.05, 0) is 51.4 Å². The van der Waals surface area contributed by atoms with Crippen molar-refractivity contribution in [2.24, 2.45) is 23.5 Å². The molecule has 4 rings (SSSR count). The third-order valence-electron chi connectivity index (χ3n) is 7.60. The van der Waals surface area contributed by atoms with E-state index in [9.17, 15) is 34.8 Å². The summed E-state index contributed by atoms with van der Waals surface area (Å²) in [7, 11) is 3.09. The van der Waals surface area contributed by atoms with E-state index in [1.54, 1.807) is 14.1 Å². The number of amides is 1. The molecule has 0 radical (unpaired) electrons. The number of nitrogens with one attached hydrogen (secondary N) is 1. The summed E-state index contributed by atoms with van der Waals surface area (Å²) in [6, 6.07) is 0.0486. The van der Waals surface area contributed by atoms with Crippen LogP contribution in [0.4, 0.5) is 4.39 Å². The van der Waals surface area contributed by atoms with E-state index in [-0.39, 0.29) is 41.6 Å². The maximum Gasteiger partial charge on any atom is 0.255 e. The molecule has 0 spiro atoms. The number of rotatable bonds is 6. The highest BCUT2D eigenvalue weighted by atomic mass is 19.1. The average molecular weight is 518 g/mol. The molecule has 7 N–H and O–H groups in total. The van der Waals surface area contributed by atoms with Gasteiger partial charge in [0.05, 0.1) is 11.6 Å². The zero-order chi connectivity index (χ0) is 27.6. The molecule has 4 atom stereocenters. The van der Waals surface area contributed by atoms with Crippen molar-refractivity contribution in [2.45, 2.75) is 44.9 Å². The van der Waals surface area contributed by atoms with Crippen LogP contribution in [0.15, 0.2) is 28.7 Å². The summed E-state index contributed by atoms with van der Waals surface area (Å²) in [5, 5.41) is 47.3. The van der Waals surface area contributed by atoms with Crippen LogP contribution >= 0.6 is 0 Å². The number of ketones is 2. The Morgan fingerprint density at radius 3 is 2.49 bits per heavy atom. The van der Waals surface area contributed by atoms with Crippen LogP contribution in [0.2, 0.25) is 0 Å². The summed E-state index contributed by atoms with van der Waals surface area (Å²) in [6.07, 6.45) is -0.187. The first-order valence-electron chi connectivity index (χ1n) is 12.1. The van der Waals surface area contributed by atoms with Gasteiger partial charge in [0.15, 0.2) is 11.4 Å². The lowest BCUT2D eigenvalue weighted by Gasteiger charge is -2.50. The largest absolute Gasteiger partial charge is 0.510 e. The van der Waals surface area contributed by atoms with Crippen LogP contribution in [0, 0.1) is 23.6 Å². The second-order valence-corrected chi connectivity index (χ2v) is 10.7. The Morgan fingerprint density at radius 1 is 1.27 bits per heavy atom. The number of likely N-dealkylation sites (N-methyl/N-ethyl adjacent to an activating group) is 1. The molecule has 200 valence electrons. The van der Waals surface area contributed by atoms with Crippen molar-refractivity contribution in [1.82, 2.24) is 10.2 Å². The van der Waals surface area contributed by atoms with Crippen LogP contribution in [0.3, 0.4) is 0 Å². The molecule has 0 unspecified atom stereocenters. The van der Waals surface area contributed by atoms with Gasteiger partial charge in [0, 0.05) is 29.2 Å². The SMILES string of the molecule is CC(C)CNCc1cc(O)c2c(c1F)C[C@H]1C[C@H]3[C@H](N(C)C)C(O)=C(C(N)=O)C(=O)[C@@]3(O)C(O)=C1C2=O. The molecule has 0 fully saturated rings. The van der Waals surface area contributed by atoms with Crippen molar-refractivity contribution in [3.63, 3.8) is 0 Å². The molecular formula is C26H32FN3O7. The fraction of sp³-hybridized carbons (Fsp3) is 0.500. The number of fused-ring (bicyclic) bond motifs is 3. The van der Waals surface area contributed by atoms with Crippen LogP contribution in [-0.4, -0.2) is 75.1 Å². The molecule has 37 heavy (non-hydrogen) atoms. The van der Waals surface area contributed by atoms with Crippen LogP contribution in [-0.2, 0) is 22.6 Å². The highest BCUT2D eigenvalue weighted by Gasteiger charge is 2.63. The Labute approximate surface area is 213 Å². The number of carbonyl (C=O) groups is 3. The molecule has 3 aliphatic rings. The number of carbonyl (C=O) groups excluding carboxylic acids is 3. The number of phenols is 1. The fourth-order valence-electron chi connectivity index (χ4n) is 5.98. The molecule has 1 aromatic rings. The third-order valence-corrected chi connectivity index (χ3v) is 7.60. The topological polar surface area (TPSA) is 173 Å². The maximum atomic E-state index is 15.6. The zero-order valence-corrected chi connectivity index (χ0v) is 21.1. The van der Waals surface area contributed by atoms with Gasteiger partial charge in [-0.25, -0.2) is 4.39 Å². The monoisotopic (exact) mass is 517 g/mol. The van der Waals surface area contributed by atoms with Gasteiger partial charge >= 0.3 is 0 Å². The van der Waals surface area contributed by atoms with E-state index in [4.69, 9.17) is 5.73 Å². The van der Waals surface area contributed by atoms with Gasteiger partial charge in [0.2, 0.25) is 5.78 Å². The van der Waals surface area contributed by atoms with Crippen molar-refractivity contribution in [2.75, 3.05) is 20.6 Å². The molecule has 1 aromatic carbocycles. The molecule has 1 amide bonds. The minimum absolute atomic E-state index is 0.0144. The number of aliphatic hydroxyl groups is 3. The molecule has 0 bridgehead atoms. The number of nitrogens with two attached hydrogens (primary N) is 1. The van der Waals surface area contributed by atoms with Crippen LogP contribution in [0.5, 0.6) is 5.75 Å². The maximum absolute atomic E-state index is 15.6. The van der Waals surface area contributed by atoms with Gasteiger partial charge < -0.3 is 31.5 Å². The Bertz CT molecular complexity index is 1270. The first-order chi connectivity index (χ1) is 17.2. The fourth-order valence-corrected chi connectivity index (χ4v) is 5.98. The average Bonchev–Trinajstić information content (AvgIpc) is 2.78. The van der Waals surface area contributed by atoms with E-state index < -0.39 is 69.6 Å². The Morgan fingerprint density at radius 2 is 1.92 bits per heavy atom. The number of Topliss-reactive ketones (excluding diaryl/α,β-unsaturated/α-hetero) is 2. The van der Waals surface area contributed by atoms with Gasteiger partial charge in [-0.2, -0.15) is 0 Å². The molecule has 11 heteroatoms. The smallest absolute Gasteiger partial charge is 0.255 e. The highest BCUT2D eigenvalue weighted by molar-refractivity contribution is 6.24. The van der Waals surface area contributed by atoms with E-state index >= 15 is 4.39 Å². The molecular weight excluding hydrogens is 485 g/mol. The molecule has 0 saturated carbocycles. The van der Waals surface area contributed by atoms with E-state index in [0.717, 1.165) is 6.07 Å². The Kier molecular flexibility index (Phi) is 6.68. The lowest BCUT2D eigenvalue weighted by molar-refractivity contribution is -0.148. The summed E-state index contributed by atoms with van der Waals surface area (Å²) in [5.74, 6) is -7.95. The number of phenolic OH excluding ortho intramolecular Hbond substituents is 1. The van der Waals surface area contributed by atoms with E-state index in [1.807, 2.05) is 13.8 Å². The lowest BCUT2D eigenvalue weighted by atomic mass is 9.58. The molecule has 0 heterocycles. The summed E-state index contributed by atoms with van der Waals surface area (Å²) < 4.78 is 15.6. The highest BCUT2D eigenvalue weighted by Crippen LogP contribution is 2.52. The van der Waals surface area contributed by atoms with E-state index in [1.165, 1.54) is 4.90 Å². The summed E-state index contributed by atoms with van der Waals surface area (Å²) in [4.78, 5) is 40.2. The molecule has 0 aromatic heterocycles. The minimum atomic E-state index is -2.72. The standard InChI is InChI=1S/C26H32FN3O7/c1-10(2)8-29-9-12-7-15(31)17-13(19(12)27)5-11-6-14-20(30(3)4)22(33)18(25(28)36)24(35)26(14,37)23(34)16(11)21(17)32/h7,10-11,14,20,29,31,33-34,37H,5-6,8-9H2,1-4H3,(H2,28,36)/t11-,14-,20-,26-/m0/s1. The molecule has 10 nitrogen and oxygen atoms in total. The predicted molar refractivity (Wildman–Crippen MR) is 130 cm³/mol. The van der Waals surface area contributed by atoms with Gasteiger partial charge in [-0.3, -0.25) is 19.3 Å². The van der Waals surface area contributed by atoms with Gasteiger partial charge in [-0.1, -0.05) is 13.8 Å². The van der Waals surface area contributed by atoms with Gasteiger partial charge in [0.1, 0.15) is 28.7 Å². The number of nitrogens with zero attached hydrogens (tertiary/aromatic N) is 1. The van der Waals surface area contributed by atoms with Crippen molar-refractivity contribution >= 4 is 17.5 Å². The number of hydrogen-bond donors (Lipinski definition) is 6. The number of allylic oxidation sites excluding steroid dienone is 1. The first-order valence-corrected chi connectivity index (χ1v) is 12.1. The molecule has 0 saturated heterocycles. The number of hydrogen-bond acceptors (Lipinski definition) is 9. The summed E-state index contributed by atoms with van der Waals surface area (Å²) in [5.41, 5.74) is 1.22. The molecule has 3 aliphatic carbocycles. The normalized spacial score (nSPS) is 27.5. The van der Waals surface area contributed by atoms with Gasteiger partial charge in [0.25, 0.3) is 5.91 Å². The Hall–Kier alpha value is -3.28. The number of halogens is 1. The third kappa shape index (κ3) is 3.92. The summed E-state index contributed by atoms with van der Waals surface area (Å²) in [6.45, 7) is 4.73. The van der Waals surface area contributed by atoms with Crippen molar-refractivity contribution in [3.05, 3.63) is 51.2 Å². The van der Waals surface area contributed by atoms with E-state index in [2.05, 4.69) is 5.32 Å². The number of aromatic hydroxyl groups is 1. The van der Waals surface area contributed by atoms with Crippen molar-refractivity contribution < 1.29 is 39.2 Å². The van der Waals surface area contributed by atoms with Crippen molar-refractivity contribution in [1.29, 1.82) is 0 Å². The number of aliphatic hydroxyl groups excluding tert-OH is 2. The van der Waals surface area contributed by atoms with Crippen LogP contribution < -0.4 is 11.1 Å². The number of benzene rings is 1. The lowest BCUT2D eigenvalue weighted by Crippen LogP contribution is -2.63. The predicted octanol–water partition coefficient (Wildman–Crippen LogP) is 1.01. The van der Waals surface area contributed by atoms with Gasteiger partial charge in [-0.15, -0.1) is 0 Å².